The van der Waals surface area contributed by atoms with Crippen LogP contribution in [-0.2, 0) is 0 Å². The molecule has 8 nitrogen and oxygen atoms in total. The van der Waals surface area contributed by atoms with E-state index in [4.69, 9.17) is 4.74 Å². The number of hydrogen-bond acceptors (Lipinski definition) is 6. The number of methoxy groups -OCH3 is 1. The molecule has 3 rings (SSSR count). The average Bonchev–Trinajstić information content (AvgIpc) is 2.68. The van der Waals surface area contributed by atoms with Gasteiger partial charge in [0.05, 0.1) is 12.0 Å². The van der Waals surface area contributed by atoms with Crippen molar-refractivity contribution in [3.8, 4) is 5.75 Å². The van der Waals surface area contributed by atoms with Crippen molar-refractivity contribution in [3.63, 3.8) is 0 Å². The van der Waals surface area contributed by atoms with E-state index in [-0.39, 0.29) is 11.6 Å². The van der Waals surface area contributed by atoms with Crippen LogP contribution in [0.25, 0.3) is 0 Å². The SMILES string of the molecule is COc1cccc(C(=O)Nc2ccc(N3CCNCC3)c([N+](=O)[O-])c2)c1. The number of amides is 1. The third-order valence-corrected chi connectivity index (χ3v) is 4.22. The second-order valence-electron chi connectivity index (χ2n) is 5.88. The molecule has 2 N–H and O–H groups in total. The lowest BCUT2D eigenvalue weighted by Crippen LogP contribution is -2.43. The van der Waals surface area contributed by atoms with E-state index in [9.17, 15) is 14.9 Å². The monoisotopic (exact) mass is 356 g/mol. The molecule has 0 saturated carbocycles. The highest BCUT2D eigenvalue weighted by Gasteiger charge is 2.22. The zero-order valence-electron chi connectivity index (χ0n) is 14.4. The van der Waals surface area contributed by atoms with Gasteiger partial charge >= 0.3 is 0 Å². The van der Waals surface area contributed by atoms with Gasteiger partial charge in [0.1, 0.15) is 11.4 Å². The van der Waals surface area contributed by atoms with Gasteiger partial charge in [-0.1, -0.05) is 6.07 Å². The molecule has 2 aromatic carbocycles. The minimum Gasteiger partial charge on any atom is -0.497 e. The summed E-state index contributed by atoms with van der Waals surface area (Å²) in [6, 6.07) is 11.5. The highest BCUT2D eigenvalue weighted by molar-refractivity contribution is 6.04. The zero-order chi connectivity index (χ0) is 18.5. The number of carbonyl (C=O) groups is 1. The number of nitrogens with zero attached hydrogens (tertiary/aromatic N) is 2. The van der Waals surface area contributed by atoms with Gasteiger partial charge < -0.3 is 20.3 Å². The third-order valence-electron chi connectivity index (χ3n) is 4.22. The Morgan fingerprint density at radius 3 is 2.69 bits per heavy atom. The normalized spacial score (nSPS) is 14.0. The Morgan fingerprint density at radius 2 is 2.00 bits per heavy atom. The summed E-state index contributed by atoms with van der Waals surface area (Å²) in [6.07, 6.45) is 0. The number of nitrogens with one attached hydrogen (secondary N) is 2. The molecule has 2 aromatic rings. The van der Waals surface area contributed by atoms with Gasteiger partial charge in [0.2, 0.25) is 0 Å². The number of benzene rings is 2. The summed E-state index contributed by atoms with van der Waals surface area (Å²) in [5.74, 6) is 0.214. The highest BCUT2D eigenvalue weighted by atomic mass is 16.6. The number of anilines is 2. The quantitative estimate of drug-likeness (QED) is 0.630. The Bertz CT molecular complexity index is 819. The van der Waals surface area contributed by atoms with E-state index in [1.807, 2.05) is 4.90 Å². The topological polar surface area (TPSA) is 96.7 Å². The van der Waals surface area contributed by atoms with Crippen LogP contribution >= 0.6 is 0 Å². The Morgan fingerprint density at radius 1 is 1.23 bits per heavy atom. The van der Waals surface area contributed by atoms with E-state index < -0.39 is 4.92 Å². The van der Waals surface area contributed by atoms with E-state index in [0.717, 1.165) is 13.1 Å². The van der Waals surface area contributed by atoms with Crippen molar-refractivity contribution in [1.29, 1.82) is 0 Å². The summed E-state index contributed by atoms with van der Waals surface area (Å²) in [6.45, 7) is 2.98. The Balaban J connectivity index is 1.82. The number of piperazine rings is 1. The van der Waals surface area contributed by atoms with Crippen LogP contribution in [-0.4, -0.2) is 44.1 Å². The largest absolute Gasteiger partial charge is 0.497 e. The van der Waals surface area contributed by atoms with Crippen LogP contribution in [0.4, 0.5) is 17.1 Å². The molecule has 0 bridgehead atoms. The van der Waals surface area contributed by atoms with E-state index in [1.165, 1.54) is 13.2 Å². The van der Waals surface area contributed by atoms with Gasteiger partial charge in [0, 0.05) is 43.5 Å². The number of hydrogen-bond donors (Lipinski definition) is 2. The zero-order valence-corrected chi connectivity index (χ0v) is 14.4. The first-order valence-electron chi connectivity index (χ1n) is 8.28. The van der Waals surface area contributed by atoms with Crippen molar-refractivity contribution in [2.75, 3.05) is 43.5 Å². The predicted octanol–water partition coefficient (Wildman–Crippen LogP) is 2.27. The maximum Gasteiger partial charge on any atom is 0.294 e. The number of nitro benzene ring substituents is 1. The number of ether oxygens (including phenoxy) is 1. The van der Waals surface area contributed by atoms with Gasteiger partial charge in [-0.15, -0.1) is 0 Å². The molecule has 1 amide bonds. The average molecular weight is 356 g/mol. The molecule has 0 atom stereocenters. The molecule has 26 heavy (non-hydrogen) atoms. The standard InChI is InChI=1S/C18H20N4O4/c1-26-15-4-2-3-13(11-15)18(23)20-14-5-6-16(17(12-14)22(24)25)21-9-7-19-8-10-21/h2-6,11-12,19H,7-10H2,1H3,(H,20,23). The fourth-order valence-corrected chi connectivity index (χ4v) is 2.89. The molecule has 8 heteroatoms. The van der Waals surface area contributed by atoms with Crippen molar-refractivity contribution in [2.45, 2.75) is 0 Å². The van der Waals surface area contributed by atoms with Crippen molar-refractivity contribution >= 4 is 23.0 Å². The first-order chi connectivity index (χ1) is 12.6. The first kappa shape index (κ1) is 17.7. The second kappa shape index (κ2) is 7.83. The molecule has 136 valence electrons. The van der Waals surface area contributed by atoms with Crippen molar-refractivity contribution < 1.29 is 14.5 Å². The van der Waals surface area contributed by atoms with Crippen LogP contribution in [0.5, 0.6) is 5.75 Å². The van der Waals surface area contributed by atoms with Crippen molar-refractivity contribution in [1.82, 2.24) is 5.32 Å². The minimum atomic E-state index is -0.418. The summed E-state index contributed by atoms with van der Waals surface area (Å²) in [7, 11) is 1.52. The van der Waals surface area contributed by atoms with Crippen LogP contribution in [0, 0.1) is 10.1 Å². The molecule has 0 aliphatic carbocycles. The van der Waals surface area contributed by atoms with Crippen LogP contribution in [0.2, 0.25) is 0 Å². The number of carbonyl (C=O) groups excluding carboxylic acids is 1. The molecule has 1 fully saturated rings. The number of rotatable bonds is 5. The lowest BCUT2D eigenvalue weighted by Gasteiger charge is -2.29. The lowest BCUT2D eigenvalue weighted by atomic mass is 10.1. The van der Waals surface area contributed by atoms with Gasteiger partial charge in [-0.25, -0.2) is 0 Å². The molecule has 1 heterocycles. The van der Waals surface area contributed by atoms with Gasteiger partial charge in [-0.05, 0) is 30.3 Å². The molecule has 1 aliphatic rings. The third kappa shape index (κ3) is 3.92. The predicted molar refractivity (Wildman–Crippen MR) is 99.1 cm³/mol. The van der Waals surface area contributed by atoms with Crippen LogP contribution < -0.4 is 20.3 Å². The van der Waals surface area contributed by atoms with Gasteiger partial charge in [0.25, 0.3) is 11.6 Å². The van der Waals surface area contributed by atoms with Gasteiger partial charge in [-0.2, -0.15) is 0 Å². The van der Waals surface area contributed by atoms with E-state index in [1.54, 1.807) is 36.4 Å². The van der Waals surface area contributed by atoms with Crippen molar-refractivity contribution in [2.24, 2.45) is 0 Å². The summed E-state index contributed by atoms with van der Waals surface area (Å²) in [5, 5.41) is 17.4. The second-order valence-corrected chi connectivity index (χ2v) is 5.88. The fourth-order valence-electron chi connectivity index (χ4n) is 2.89. The molecular weight excluding hydrogens is 336 g/mol. The maximum absolute atomic E-state index is 12.4. The van der Waals surface area contributed by atoms with Crippen LogP contribution in [0.3, 0.4) is 0 Å². The van der Waals surface area contributed by atoms with Crippen LogP contribution in [0.1, 0.15) is 10.4 Å². The fraction of sp³-hybridized carbons (Fsp3) is 0.278. The Kier molecular flexibility index (Phi) is 5.33. The minimum absolute atomic E-state index is 0.0182. The summed E-state index contributed by atoms with van der Waals surface area (Å²) >= 11 is 0. The Labute approximate surface area is 150 Å². The molecule has 0 unspecified atom stereocenters. The van der Waals surface area contributed by atoms with E-state index in [0.29, 0.717) is 35.8 Å². The highest BCUT2D eigenvalue weighted by Crippen LogP contribution is 2.31. The molecule has 0 aromatic heterocycles. The molecule has 1 aliphatic heterocycles. The summed E-state index contributed by atoms with van der Waals surface area (Å²) in [5.41, 5.74) is 1.34. The van der Waals surface area contributed by atoms with Crippen molar-refractivity contribution in [3.05, 3.63) is 58.1 Å². The smallest absolute Gasteiger partial charge is 0.294 e. The number of nitro groups is 1. The summed E-state index contributed by atoms with van der Waals surface area (Å²) < 4.78 is 5.11. The first-order valence-corrected chi connectivity index (χ1v) is 8.28. The van der Waals surface area contributed by atoms with E-state index in [2.05, 4.69) is 10.6 Å². The maximum atomic E-state index is 12.4. The lowest BCUT2D eigenvalue weighted by molar-refractivity contribution is -0.384. The molecule has 1 saturated heterocycles. The molecule has 0 spiro atoms. The van der Waals surface area contributed by atoms with Gasteiger partial charge in [-0.3, -0.25) is 14.9 Å². The summed E-state index contributed by atoms with van der Waals surface area (Å²) in [4.78, 5) is 25.4. The molecular formula is C18H20N4O4. The van der Waals surface area contributed by atoms with Crippen LogP contribution in [0.15, 0.2) is 42.5 Å². The van der Waals surface area contributed by atoms with E-state index >= 15 is 0 Å². The Hall–Kier alpha value is -3.13. The molecule has 0 radical (unpaired) electrons. The van der Waals surface area contributed by atoms with Gasteiger partial charge in [0.15, 0.2) is 0 Å².